The lowest BCUT2D eigenvalue weighted by Crippen LogP contribution is -2.12. The van der Waals surface area contributed by atoms with Crippen molar-refractivity contribution in [2.24, 2.45) is 5.73 Å². The molecule has 0 aliphatic heterocycles. The van der Waals surface area contributed by atoms with Crippen LogP contribution in [0.5, 0.6) is 11.5 Å². The molecule has 4 heteroatoms. The van der Waals surface area contributed by atoms with E-state index in [9.17, 15) is 0 Å². The number of aryl methyl sites for hydroxylation is 3. The highest BCUT2D eigenvalue weighted by atomic mass is 16.5. The molecule has 104 valence electrons. The van der Waals surface area contributed by atoms with Crippen LogP contribution in [0, 0.1) is 19.3 Å². The Bertz CT molecular complexity index is 650. The highest BCUT2D eigenvalue weighted by molar-refractivity contribution is 5.97. The van der Waals surface area contributed by atoms with E-state index in [2.05, 4.69) is 4.98 Å². The molecule has 0 saturated carbocycles. The highest BCUT2D eigenvalue weighted by Crippen LogP contribution is 2.28. The lowest BCUT2D eigenvalue weighted by atomic mass is 10.1. The summed E-state index contributed by atoms with van der Waals surface area (Å²) < 4.78 is 5.92. The van der Waals surface area contributed by atoms with E-state index in [-0.39, 0.29) is 5.84 Å². The Labute approximate surface area is 119 Å². The molecule has 0 bridgehead atoms. The van der Waals surface area contributed by atoms with Gasteiger partial charge in [0, 0.05) is 5.69 Å². The normalized spacial score (nSPS) is 10.3. The van der Waals surface area contributed by atoms with Crippen LogP contribution in [0.1, 0.15) is 29.4 Å². The molecule has 4 nitrogen and oxygen atoms in total. The largest absolute Gasteiger partial charge is 0.455 e. The molecule has 1 heterocycles. The van der Waals surface area contributed by atoms with Gasteiger partial charge in [-0.25, -0.2) is 0 Å². The van der Waals surface area contributed by atoms with Crippen molar-refractivity contribution < 1.29 is 4.74 Å². The molecular formula is C16H19N3O. The highest BCUT2D eigenvalue weighted by Gasteiger charge is 2.11. The number of benzene rings is 1. The Morgan fingerprint density at radius 1 is 1.20 bits per heavy atom. The van der Waals surface area contributed by atoms with E-state index < -0.39 is 0 Å². The van der Waals surface area contributed by atoms with E-state index >= 15 is 0 Å². The molecule has 0 atom stereocenters. The number of amidine groups is 1. The molecule has 0 unspecified atom stereocenters. The van der Waals surface area contributed by atoms with Crippen molar-refractivity contribution in [3.63, 3.8) is 0 Å². The summed E-state index contributed by atoms with van der Waals surface area (Å²) in [6.45, 7) is 5.95. The molecule has 0 aliphatic rings. The second-order valence-electron chi connectivity index (χ2n) is 4.77. The minimum atomic E-state index is 0.00168. The van der Waals surface area contributed by atoms with Crippen molar-refractivity contribution in [3.05, 3.63) is 52.8 Å². The summed E-state index contributed by atoms with van der Waals surface area (Å²) in [4.78, 5) is 4.47. The zero-order valence-corrected chi connectivity index (χ0v) is 12.0. The van der Waals surface area contributed by atoms with E-state index in [0.29, 0.717) is 17.1 Å². The smallest absolute Gasteiger partial charge is 0.148 e. The predicted molar refractivity (Wildman–Crippen MR) is 80.6 cm³/mol. The predicted octanol–water partition coefficient (Wildman–Crippen LogP) is 3.34. The van der Waals surface area contributed by atoms with Gasteiger partial charge >= 0.3 is 0 Å². The first-order chi connectivity index (χ1) is 9.51. The maximum absolute atomic E-state index is 7.65. The molecule has 1 aromatic heterocycles. The molecule has 0 fully saturated rings. The number of hydrogen-bond acceptors (Lipinski definition) is 3. The third-order valence-electron chi connectivity index (χ3n) is 3.05. The maximum atomic E-state index is 7.65. The van der Waals surface area contributed by atoms with Gasteiger partial charge in [0.1, 0.15) is 17.3 Å². The second-order valence-corrected chi connectivity index (χ2v) is 4.77. The van der Waals surface area contributed by atoms with Gasteiger partial charge in [-0.15, -0.1) is 0 Å². The number of nitrogens with two attached hydrogens (primary N) is 1. The fourth-order valence-electron chi connectivity index (χ4n) is 2.01. The summed E-state index contributed by atoms with van der Waals surface area (Å²) in [7, 11) is 0. The Balaban J connectivity index is 2.42. The number of pyridine rings is 1. The summed E-state index contributed by atoms with van der Waals surface area (Å²) in [5.74, 6) is 1.30. The fourth-order valence-corrected chi connectivity index (χ4v) is 2.01. The quantitative estimate of drug-likeness (QED) is 0.660. The third kappa shape index (κ3) is 2.96. The standard InChI is InChI=1S/C16H19N3O/c1-4-13-15(8-6-11(3)19-13)20-14-7-5-10(2)9-12(14)16(17)18/h5-9H,4H2,1-3H3,(H3,17,18). The first kappa shape index (κ1) is 14.1. The number of rotatable bonds is 4. The van der Waals surface area contributed by atoms with Gasteiger partial charge in [0.25, 0.3) is 0 Å². The average molecular weight is 269 g/mol. The summed E-state index contributed by atoms with van der Waals surface area (Å²) in [5.41, 5.74) is 9.13. The molecule has 2 aromatic rings. The lowest BCUT2D eigenvalue weighted by Gasteiger charge is -2.13. The van der Waals surface area contributed by atoms with Gasteiger partial charge in [0.15, 0.2) is 0 Å². The Morgan fingerprint density at radius 2 is 1.90 bits per heavy atom. The van der Waals surface area contributed by atoms with Gasteiger partial charge in [-0.3, -0.25) is 10.4 Å². The van der Waals surface area contributed by atoms with Crippen LogP contribution in [0.15, 0.2) is 30.3 Å². The van der Waals surface area contributed by atoms with Gasteiger partial charge in [-0.1, -0.05) is 18.6 Å². The molecule has 20 heavy (non-hydrogen) atoms. The zero-order chi connectivity index (χ0) is 14.7. The molecule has 0 saturated heterocycles. The molecule has 0 aliphatic carbocycles. The van der Waals surface area contributed by atoms with Crippen LogP contribution in [0.2, 0.25) is 0 Å². The lowest BCUT2D eigenvalue weighted by molar-refractivity contribution is 0.471. The van der Waals surface area contributed by atoms with Crippen molar-refractivity contribution in [1.82, 2.24) is 4.98 Å². The summed E-state index contributed by atoms with van der Waals surface area (Å²) in [5, 5.41) is 7.65. The van der Waals surface area contributed by atoms with E-state index in [4.69, 9.17) is 15.9 Å². The van der Waals surface area contributed by atoms with E-state index in [1.54, 1.807) is 0 Å². The number of aromatic nitrogens is 1. The minimum Gasteiger partial charge on any atom is -0.455 e. The summed E-state index contributed by atoms with van der Waals surface area (Å²) in [6.07, 6.45) is 0.790. The van der Waals surface area contributed by atoms with Crippen molar-refractivity contribution in [1.29, 1.82) is 5.41 Å². The van der Waals surface area contributed by atoms with Gasteiger partial charge in [0.2, 0.25) is 0 Å². The van der Waals surface area contributed by atoms with Crippen molar-refractivity contribution in [2.45, 2.75) is 27.2 Å². The van der Waals surface area contributed by atoms with E-state index in [1.807, 2.05) is 51.1 Å². The van der Waals surface area contributed by atoms with Crippen molar-refractivity contribution in [3.8, 4) is 11.5 Å². The fraction of sp³-hybridized carbons (Fsp3) is 0.250. The van der Waals surface area contributed by atoms with Crippen LogP contribution in [0.25, 0.3) is 0 Å². The molecule has 0 radical (unpaired) electrons. The number of nitrogens with one attached hydrogen (secondary N) is 1. The Morgan fingerprint density at radius 3 is 2.55 bits per heavy atom. The van der Waals surface area contributed by atoms with Crippen molar-refractivity contribution in [2.75, 3.05) is 0 Å². The second kappa shape index (κ2) is 5.74. The monoisotopic (exact) mass is 269 g/mol. The number of ether oxygens (including phenoxy) is 1. The third-order valence-corrected chi connectivity index (χ3v) is 3.05. The SMILES string of the molecule is CCc1nc(C)ccc1Oc1ccc(C)cc1C(=N)N. The van der Waals surface area contributed by atoms with Gasteiger partial charge in [-0.2, -0.15) is 0 Å². The molecule has 2 rings (SSSR count). The topological polar surface area (TPSA) is 72.0 Å². The number of nitrogen functional groups attached to an aromatic ring is 1. The van der Waals surface area contributed by atoms with Gasteiger partial charge in [-0.05, 0) is 44.5 Å². The molecule has 0 amide bonds. The average Bonchev–Trinajstić information content (AvgIpc) is 2.42. The van der Waals surface area contributed by atoms with Crippen LogP contribution in [-0.2, 0) is 6.42 Å². The summed E-state index contributed by atoms with van der Waals surface area (Å²) in [6, 6.07) is 9.45. The van der Waals surface area contributed by atoms with Gasteiger partial charge in [0.05, 0.1) is 11.3 Å². The van der Waals surface area contributed by atoms with Crippen LogP contribution >= 0.6 is 0 Å². The van der Waals surface area contributed by atoms with E-state index in [0.717, 1.165) is 23.4 Å². The first-order valence-electron chi connectivity index (χ1n) is 6.60. The Kier molecular flexibility index (Phi) is 4.03. The summed E-state index contributed by atoms with van der Waals surface area (Å²) >= 11 is 0. The van der Waals surface area contributed by atoms with Crippen LogP contribution in [0.4, 0.5) is 0 Å². The minimum absolute atomic E-state index is 0.00168. The van der Waals surface area contributed by atoms with Crippen LogP contribution in [0.3, 0.4) is 0 Å². The molecule has 1 aromatic carbocycles. The van der Waals surface area contributed by atoms with Gasteiger partial charge < -0.3 is 10.5 Å². The number of hydrogen-bond donors (Lipinski definition) is 2. The van der Waals surface area contributed by atoms with E-state index in [1.165, 1.54) is 0 Å². The van der Waals surface area contributed by atoms with Crippen molar-refractivity contribution >= 4 is 5.84 Å². The molecule has 3 N–H and O–H groups in total. The first-order valence-corrected chi connectivity index (χ1v) is 6.60. The van der Waals surface area contributed by atoms with Crippen LogP contribution in [-0.4, -0.2) is 10.8 Å². The van der Waals surface area contributed by atoms with Crippen LogP contribution < -0.4 is 10.5 Å². The molecular weight excluding hydrogens is 250 g/mol. The molecule has 0 spiro atoms. The number of nitrogens with zero attached hydrogens (tertiary/aromatic N) is 1. The zero-order valence-electron chi connectivity index (χ0n) is 12.0. The Hall–Kier alpha value is -2.36. The maximum Gasteiger partial charge on any atom is 0.148 e.